The van der Waals surface area contributed by atoms with Gasteiger partial charge in [-0.25, -0.2) is 0 Å². The van der Waals surface area contributed by atoms with E-state index in [4.69, 9.17) is 4.74 Å². The van der Waals surface area contributed by atoms with Crippen LogP contribution in [-0.2, 0) is 4.74 Å². The molecule has 1 heteroatoms. The fourth-order valence-electron chi connectivity index (χ4n) is 6.66. The summed E-state index contributed by atoms with van der Waals surface area (Å²) in [6.45, 7) is 10.0. The Bertz CT molecular complexity index is 828. The van der Waals surface area contributed by atoms with Crippen LogP contribution in [0.3, 0.4) is 0 Å². The maximum absolute atomic E-state index is 5.90. The van der Waals surface area contributed by atoms with Gasteiger partial charge in [0.15, 0.2) is 0 Å². The molecule has 252 valence electrons. The van der Waals surface area contributed by atoms with Crippen molar-refractivity contribution >= 4 is 0 Å². The van der Waals surface area contributed by atoms with E-state index in [1.807, 2.05) is 0 Å². The Morgan fingerprint density at radius 2 is 0.644 bits per heavy atom. The third-order valence-electron chi connectivity index (χ3n) is 9.63. The molecular formula is C44H70O. The maximum atomic E-state index is 5.90. The first-order valence-electron chi connectivity index (χ1n) is 19.3. The highest BCUT2D eigenvalue weighted by molar-refractivity contribution is 5.23. The molecule has 2 rings (SSSR count). The van der Waals surface area contributed by atoms with Gasteiger partial charge in [0, 0.05) is 25.0 Å². The summed E-state index contributed by atoms with van der Waals surface area (Å²) >= 11 is 0. The third-order valence-corrected chi connectivity index (χ3v) is 9.63. The number of hydrogen-bond acceptors (Lipinski definition) is 1. The number of ether oxygens (including phenoxy) is 1. The zero-order valence-corrected chi connectivity index (χ0v) is 29.3. The van der Waals surface area contributed by atoms with E-state index in [0.29, 0.717) is 11.8 Å². The topological polar surface area (TPSA) is 9.23 Å². The number of allylic oxidation sites excluding steroid dienone is 2. The summed E-state index contributed by atoms with van der Waals surface area (Å²) in [6, 6.07) is 21.7. The second kappa shape index (κ2) is 29.3. The maximum Gasteiger partial charge on any atom is 0.0466 e. The quantitative estimate of drug-likeness (QED) is 0.0588. The molecule has 1 nitrogen and oxygen atoms in total. The minimum Gasteiger partial charge on any atom is -0.381 e. The first-order chi connectivity index (χ1) is 22.3. The van der Waals surface area contributed by atoms with Crippen molar-refractivity contribution in [2.24, 2.45) is 0 Å². The Morgan fingerprint density at radius 1 is 0.378 bits per heavy atom. The SMILES string of the molecule is C=CC(CCCCCCCCCCCCCOCCCCCCCCCCCCCC(C=C)c1ccccc1)c1ccccc1. The predicted octanol–water partition coefficient (Wildman–Crippen LogP) is 14.3. The summed E-state index contributed by atoms with van der Waals surface area (Å²) in [6.07, 6.45) is 37.0. The Hall–Kier alpha value is -2.12. The average molecular weight is 615 g/mol. The molecule has 45 heavy (non-hydrogen) atoms. The van der Waals surface area contributed by atoms with Gasteiger partial charge in [-0.2, -0.15) is 0 Å². The first-order valence-corrected chi connectivity index (χ1v) is 19.3. The molecule has 0 fully saturated rings. The first kappa shape index (κ1) is 39.1. The molecule has 0 bridgehead atoms. The van der Waals surface area contributed by atoms with Gasteiger partial charge in [0.05, 0.1) is 0 Å². The number of rotatable bonds is 32. The van der Waals surface area contributed by atoms with Crippen molar-refractivity contribution in [3.63, 3.8) is 0 Å². The lowest BCUT2D eigenvalue weighted by Gasteiger charge is -2.12. The molecule has 2 unspecified atom stereocenters. The van der Waals surface area contributed by atoms with Gasteiger partial charge in [0.2, 0.25) is 0 Å². The highest BCUT2D eigenvalue weighted by atomic mass is 16.5. The molecule has 0 N–H and O–H groups in total. The van der Waals surface area contributed by atoms with Crippen LogP contribution in [0.4, 0.5) is 0 Å². The van der Waals surface area contributed by atoms with Gasteiger partial charge in [0.1, 0.15) is 0 Å². The van der Waals surface area contributed by atoms with E-state index in [9.17, 15) is 0 Å². The van der Waals surface area contributed by atoms with E-state index in [-0.39, 0.29) is 0 Å². The molecular weight excluding hydrogens is 544 g/mol. The minimum atomic E-state index is 0.523. The monoisotopic (exact) mass is 615 g/mol. The van der Waals surface area contributed by atoms with Crippen LogP contribution >= 0.6 is 0 Å². The predicted molar refractivity (Wildman–Crippen MR) is 200 cm³/mol. The van der Waals surface area contributed by atoms with E-state index in [1.165, 1.54) is 165 Å². The molecule has 0 aromatic heterocycles. The minimum absolute atomic E-state index is 0.523. The fourth-order valence-corrected chi connectivity index (χ4v) is 6.66. The Morgan fingerprint density at radius 3 is 0.933 bits per heavy atom. The summed E-state index contributed by atoms with van der Waals surface area (Å²) in [7, 11) is 0. The largest absolute Gasteiger partial charge is 0.381 e. The van der Waals surface area contributed by atoms with Gasteiger partial charge < -0.3 is 4.74 Å². The molecule has 2 aromatic carbocycles. The van der Waals surface area contributed by atoms with Crippen LogP contribution in [0.25, 0.3) is 0 Å². The van der Waals surface area contributed by atoms with Gasteiger partial charge in [-0.15, -0.1) is 13.2 Å². The van der Waals surface area contributed by atoms with E-state index >= 15 is 0 Å². The van der Waals surface area contributed by atoms with Gasteiger partial charge in [-0.05, 0) is 36.8 Å². The van der Waals surface area contributed by atoms with Gasteiger partial charge in [-0.1, -0.05) is 201 Å². The summed E-state index contributed by atoms with van der Waals surface area (Å²) in [5, 5.41) is 0. The zero-order valence-electron chi connectivity index (χ0n) is 29.3. The molecule has 0 radical (unpaired) electrons. The molecule has 0 aliphatic heterocycles. The Kier molecular flexibility index (Phi) is 25.4. The molecule has 0 aliphatic carbocycles. The lowest BCUT2D eigenvalue weighted by molar-refractivity contribution is 0.125. The summed E-state index contributed by atoms with van der Waals surface area (Å²) in [5.41, 5.74) is 2.84. The van der Waals surface area contributed by atoms with E-state index in [1.54, 1.807) is 0 Å². The molecule has 2 aromatic rings. The van der Waals surface area contributed by atoms with E-state index in [2.05, 4.69) is 86.0 Å². The van der Waals surface area contributed by atoms with Crippen molar-refractivity contribution in [3.05, 3.63) is 97.1 Å². The fraction of sp³-hybridized carbons (Fsp3) is 0.636. The van der Waals surface area contributed by atoms with Crippen molar-refractivity contribution in [3.8, 4) is 0 Å². The van der Waals surface area contributed by atoms with Crippen molar-refractivity contribution in [1.82, 2.24) is 0 Å². The van der Waals surface area contributed by atoms with Crippen LogP contribution in [0.5, 0.6) is 0 Å². The number of unbranched alkanes of at least 4 members (excludes halogenated alkanes) is 20. The second-order valence-electron chi connectivity index (χ2n) is 13.5. The lowest BCUT2D eigenvalue weighted by Crippen LogP contribution is -1.97. The van der Waals surface area contributed by atoms with Crippen LogP contribution in [0.1, 0.15) is 177 Å². The molecule has 0 amide bonds. The molecule has 0 aliphatic rings. The van der Waals surface area contributed by atoms with Crippen molar-refractivity contribution in [2.45, 2.75) is 166 Å². The molecule has 0 spiro atoms. The smallest absolute Gasteiger partial charge is 0.0466 e. The van der Waals surface area contributed by atoms with Gasteiger partial charge in [-0.3, -0.25) is 0 Å². The second-order valence-corrected chi connectivity index (χ2v) is 13.5. The molecule has 2 atom stereocenters. The van der Waals surface area contributed by atoms with Crippen LogP contribution in [0, 0.1) is 0 Å². The molecule has 0 saturated heterocycles. The normalized spacial score (nSPS) is 12.6. The highest BCUT2D eigenvalue weighted by Gasteiger charge is 2.07. The van der Waals surface area contributed by atoms with Crippen molar-refractivity contribution in [2.75, 3.05) is 13.2 Å². The van der Waals surface area contributed by atoms with Crippen LogP contribution in [0.2, 0.25) is 0 Å². The standard InChI is InChI=1S/C44H70O/c1-3-41(43-35-27-23-28-36-43)33-25-19-15-11-7-5-9-13-17-21-31-39-45-40-32-22-18-14-10-6-8-12-16-20-26-34-42(4-2)44-37-29-24-30-38-44/h3-4,23-24,27-30,35-38,41-42H,1-2,5-22,25-26,31-34,39-40H2. The number of benzene rings is 2. The summed E-state index contributed by atoms with van der Waals surface area (Å²) in [4.78, 5) is 0. The highest BCUT2D eigenvalue weighted by Crippen LogP contribution is 2.25. The van der Waals surface area contributed by atoms with Crippen LogP contribution < -0.4 is 0 Å². The Balaban J connectivity index is 1.21. The van der Waals surface area contributed by atoms with Crippen molar-refractivity contribution in [1.29, 1.82) is 0 Å². The van der Waals surface area contributed by atoms with E-state index in [0.717, 1.165) is 13.2 Å². The summed E-state index contributed by atoms with van der Waals surface area (Å²) in [5.74, 6) is 1.05. The van der Waals surface area contributed by atoms with Crippen LogP contribution in [0.15, 0.2) is 86.0 Å². The average Bonchev–Trinajstić information content (AvgIpc) is 3.08. The third kappa shape index (κ3) is 21.3. The summed E-state index contributed by atoms with van der Waals surface area (Å²) < 4.78 is 5.90. The van der Waals surface area contributed by atoms with Gasteiger partial charge in [0.25, 0.3) is 0 Å². The van der Waals surface area contributed by atoms with Crippen molar-refractivity contribution < 1.29 is 4.74 Å². The van der Waals surface area contributed by atoms with Gasteiger partial charge >= 0.3 is 0 Å². The lowest BCUT2D eigenvalue weighted by atomic mass is 9.93. The van der Waals surface area contributed by atoms with Crippen LogP contribution in [-0.4, -0.2) is 13.2 Å². The zero-order chi connectivity index (χ0) is 31.9. The molecule has 0 saturated carbocycles. The Labute approximate surface area is 280 Å². The molecule has 0 heterocycles. The number of hydrogen-bond donors (Lipinski definition) is 0. The van der Waals surface area contributed by atoms with E-state index < -0.39 is 0 Å².